The Labute approximate surface area is 152 Å². The number of hydrogen-bond donors (Lipinski definition) is 1. The molecule has 24 heavy (non-hydrogen) atoms. The van der Waals surface area contributed by atoms with E-state index in [1.54, 1.807) is 37.2 Å². The van der Waals surface area contributed by atoms with E-state index in [0.29, 0.717) is 26.6 Å². The number of nitrogens with zero attached hydrogens (tertiary/aromatic N) is 3. The monoisotopic (exact) mass is 414 g/mol. The van der Waals surface area contributed by atoms with Gasteiger partial charge in [-0.15, -0.1) is 0 Å². The van der Waals surface area contributed by atoms with Crippen molar-refractivity contribution in [3.63, 3.8) is 0 Å². The van der Waals surface area contributed by atoms with E-state index in [4.69, 9.17) is 16.3 Å². The smallest absolute Gasteiger partial charge is 0.282 e. The lowest BCUT2D eigenvalue weighted by molar-refractivity contribution is -0.114. The molecule has 9 heteroatoms. The molecule has 0 aliphatic carbocycles. The fourth-order valence-corrected chi connectivity index (χ4v) is 2.87. The van der Waals surface area contributed by atoms with Crippen molar-refractivity contribution in [1.29, 1.82) is 0 Å². The molecule has 0 atom stereocenters. The van der Waals surface area contributed by atoms with Gasteiger partial charge in [0.15, 0.2) is 0 Å². The van der Waals surface area contributed by atoms with Crippen molar-refractivity contribution < 1.29 is 9.53 Å². The van der Waals surface area contributed by atoms with Crippen LogP contribution in [0, 0.1) is 0 Å². The van der Waals surface area contributed by atoms with Crippen molar-refractivity contribution in [3.8, 4) is 5.75 Å². The molecule has 2 aromatic rings. The van der Waals surface area contributed by atoms with Gasteiger partial charge in [0.25, 0.3) is 5.56 Å². The highest BCUT2D eigenvalue weighted by Gasteiger charge is 2.15. The first kappa shape index (κ1) is 18.3. The Morgan fingerprint density at radius 2 is 2.21 bits per heavy atom. The van der Waals surface area contributed by atoms with E-state index in [9.17, 15) is 9.59 Å². The number of halogens is 2. The number of nitrogens with one attached hydrogen (secondary N) is 1. The number of amides is 1. The number of rotatable bonds is 5. The van der Waals surface area contributed by atoms with Crippen molar-refractivity contribution in [3.05, 3.63) is 44.2 Å². The minimum Gasteiger partial charge on any atom is -0.495 e. The van der Waals surface area contributed by atoms with Gasteiger partial charge in [0.05, 0.1) is 31.2 Å². The van der Waals surface area contributed by atoms with Gasteiger partial charge in [-0.25, -0.2) is 4.68 Å². The molecule has 1 amide bonds. The summed E-state index contributed by atoms with van der Waals surface area (Å²) in [6.07, 6.45) is 1.51. The Balaban J connectivity index is 2.14. The number of ether oxygens (including phenoxy) is 1. The molecule has 1 N–H and O–H groups in total. The summed E-state index contributed by atoms with van der Waals surface area (Å²) in [5.41, 5.74) is 0.715. The van der Waals surface area contributed by atoms with E-state index >= 15 is 0 Å². The Kier molecular flexibility index (Phi) is 5.84. The third kappa shape index (κ3) is 4.07. The maximum atomic E-state index is 12.3. The van der Waals surface area contributed by atoms with Crippen molar-refractivity contribution >= 4 is 44.8 Å². The normalized spacial score (nSPS) is 10.4. The average Bonchev–Trinajstić information content (AvgIpc) is 2.52. The molecule has 1 aromatic heterocycles. The van der Waals surface area contributed by atoms with Gasteiger partial charge in [-0.2, -0.15) is 5.10 Å². The van der Waals surface area contributed by atoms with Crippen LogP contribution in [0.1, 0.15) is 0 Å². The molecule has 0 saturated heterocycles. The zero-order valence-corrected chi connectivity index (χ0v) is 15.7. The van der Waals surface area contributed by atoms with Crippen molar-refractivity contribution in [2.75, 3.05) is 30.9 Å². The summed E-state index contributed by atoms with van der Waals surface area (Å²) in [5, 5.41) is 7.18. The zero-order valence-electron chi connectivity index (χ0n) is 13.3. The molecule has 2 rings (SSSR count). The Bertz CT molecular complexity index is 825. The number of aromatic nitrogens is 2. The first-order valence-electron chi connectivity index (χ1n) is 6.89. The predicted molar refractivity (Wildman–Crippen MR) is 97.1 cm³/mol. The van der Waals surface area contributed by atoms with E-state index < -0.39 is 0 Å². The maximum Gasteiger partial charge on any atom is 0.282 e. The maximum absolute atomic E-state index is 12.3. The van der Waals surface area contributed by atoms with E-state index in [1.807, 2.05) is 0 Å². The SMILES string of the molecule is COc1ccc(Cl)cc1NC(=O)CN(C)c1cnn(C)c(=O)c1Br. The third-order valence-electron chi connectivity index (χ3n) is 3.29. The lowest BCUT2D eigenvalue weighted by Gasteiger charge is -2.20. The topological polar surface area (TPSA) is 76.5 Å². The number of likely N-dealkylation sites (N-methyl/N-ethyl adjacent to an activating group) is 1. The summed E-state index contributed by atoms with van der Waals surface area (Å²) in [6, 6.07) is 4.95. The van der Waals surface area contributed by atoms with Gasteiger partial charge in [0.2, 0.25) is 5.91 Å². The minimum absolute atomic E-state index is 0.0170. The summed E-state index contributed by atoms with van der Waals surface area (Å²) < 4.78 is 6.74. The van der Waals surface area contributed by atoms with Gasteiger partial charge in [-0.3, -0.25) is 9.59 Å². The summed E-state index contributed by atoms with van der Waals surface area (Å²) >= 11 is 9.18. The standard InChI is InChI=1S/C15H16BrClN4O3/c1-20(11-7-18-21(2)15(23)14(11)16)8-13(22)19-10-6-9(17)4-5-12(10)24-3/h4-7H,8H2,1-3H3,(H,19,22). The van der Waals surface area contributed by atoms with Gasteiger partial charge in [-0.1, -0.05) is 11.6 Å². The molecule has 7 nitrogen and oxygen atoms in total. The van der Waals surface area contributed by atoms with Gasteiger partial charge in [0, 0.05) is 19.1 Å². The van der Waals surface area contributed by atoms with E-state index in [1.165, 1.54) is 18.0 Å². The highest BCUT2D eigenvalue weighted by molar-refractivity contribution is 9.10. The molecule has 0 spiro atoms. The molecule has 1 aromatic carbocycles. The molecule has 0 aliphatic rings. The fraction of sp³-hybridized carbons (Fsp3) is 0.267. The molecular formula is C15H16BrClN4O3. The van der Waals surface area contributed by atoms with Crippen molar-refractivity contribution in [2.45, 2.75) is 0 Å². The van der Waals surface area contributed by atoms with Crippen LogP contribution in [0.5, 0.6) is 5.75 Å². The van der Waals surface area contributed by atoms with Crippen molar-refractivity contribution in [2.24, 2.45) is 7.05 Å². The van der Waals surface area contributed by atoms with Crippen molar-refractivity contribution in [1.82, 2.24) is 9.78 Å². The molecule has 0 bridgehead atoms. The fourth-order valence-electron chi connectivity index (χ4n) is 2.04. The summed E-state index contributed by atoms with van der Waals surface area (Å²) in [5.74, 6) is 0.220. The first-order valence-corrected chi connectivity index (χ1v) is 8.07. The van der Waals surface area contributed by atoms with Crippen LogP contribution in [-0.2, 0) is 11.8 Å². The largest absolute Gasteiger partial charge is 0.495 e. The van der Waals surface area contributed by atoms with Crippen LogP contribution < -0.4 is 20.5 Å². The summed E-state index contributed by atoms with van der Waals surface area (Å²) in [7, 11) is 4.75. The Hall–Kier alpha value is -2.06. The van der Waals surface area contributed by atoms with Crippen LogP contribution >= 0.6 is 27.5 Å². The second-order valence-corrected chi connectivity index (χ2v) is 6.25. The molecule has 0 radical (unpaired) electrons. The van der Waals surface area contributed by atoms with Gasteiger partial charge < -0.3 is 15.0 Å². The highest BCUT2D eigenvalue weighted by Crippen LogP contribution is 2.27. The highest BCUT2D eigenvalue weighted by atomic mass is 79.9. The van der Waals surface area contributed by atoms with E-state index in [2.05, 4.69) is 26.3 Å². The second-order valence-electron chi connectivity index (χ2n) is 5.02. The molecule has 0 fully saturated rings. The molecule has 1 heterocycles. The quantitative estimate of drug-likeness (QED) is 0.811. The van der Waals surface area contributed by atoms with Crippen LogP contribution in [0.2, 0.25) is 5.02 Å². The van der Waals surface area contributed by atoms with Crippen LogP contribution in [0.15, 0.2) is 33.7 Å². The second kappa shape index (κ2) is 7.67. The van der Waals surface area contributed by atoms with Gasteiger partial charge in [-0.05, 0) is 34.1 Å². The third-order valence-corrected chi connectivity index (χ3v) is 4.27. The molecule has 128 valence electrons. The molecule has 0 aliphatic heterocycles. The summed E-state index contributed by atoms with van der Waals surface area (Å²) in [6.45, 7) is 0.0170. The molecule has 0 saturated carbocycles. The lowest BCUT2D eigenvalue weighted by atomic mass is 10.3. The number of carbonyl (C=O) groups is 1. The van der Waals surface area contributed by atoms with Gasteiger partial charge >= 0.3 is 0 Å². The predicted octanol–water partition coefficient (Wildman–Crippen LogP) is 2.28. The number of methoxy groups -OCH3 is 1. The van der Waals surface area contributed by atoms with Crippen LogP contribution in [0.3, 0.4) is 0 Å². The average molecular weight is 416 g/mol. The minimum atomic E-state index is -0.286. The van der Waals surface area contributed by atoms with E-state index in [-0.39, 0.29) is 18.0 Å². The first-order chi connectivity index (χ1) is 11.3. The Morgan fingerprint density at radius 3 is 2.88 bits per heavy atom. The van der Waals surface area contributed by atoms with Crippen LogP contribution in [0.25, 0.3) is 0 Å². The van der Waals surface area contributed by atoms with E-state index in [0.717, 1.165) is 0 Å². The number of carbonyl (C=O) groups excluding carboxylic acids is 1. The number of anilines is 2. The zero-order chi connectivity index (χ0) is 17.9. The Morgan fingerprint density at radius 1 is 1.50 bits per heavy atom. The molecular weight excluding hydrogens is 400 g/mol. The molecule has 0 unspecified atom stereocenters. The number of aryl methyl sites for hydroxylation is 1. The van der Waals surface area contributed by atoms with Crippen LogP contribution in [0.4, 0.5) is 11.4 Å². The number of hydrogen-bond acceptors (Lipinski definition) is 5. The number of benzene rings is 1. The summed E-state index contributed by atoms with van der Waals surface area (Å²) in [4.78, 5) is 25.8. The van der Waals surface area contributed by atoms with Gasteiger partial charge in [0.1, 0.15) is 10.2 Å². The van der Waals surface area contributed by atoms with Crippen LogP contribution in [-0.4, -0.2) is 36.4 Å². The lowest BCUT2D eigenvalue weighted by Crippen LogP contribution is -2.32.